The van der Waals surface area contributed by atoms with Crippen molar-refractivity contribution in [1.29, 1.82) is 0 Å². The van der Waals surface area contributed by atoms with E-state index in [1.165, 1.54) is 0 Å². The molecule has 0 saturated carbocycles. The Kier molecular flexibility index (Phi) is 6.06. The number of rotatable bonds is 4. The molecule has 5 heteroatoms. The quantitative estimate of drug-likeness (QED) is 0.524. The molecule has 0 aliphatic carbocycles. The first-order chi connectivity index (χ1) is 5.16. The third-order valence-electron chi connectivity index (χ3n) is 0.938. The molecule has 0 radical (unpaired) electrons. The second kappa shape index (κ2) is 6.30. The third kappa shape index (κ3) is 7.48. The summed E-state index contributed by atoms with van der Waals surface area (Å²) in [4.78, 5) is 0. The molecule has 0 fully saturated rings. The van der Waals surface area contributed by atoms with Crippen LogP contribution in [-0.4, -0.2) is 36.1 Å². The van der Waals surface area contributed by atoms with Gasteiger partial charge in [-0.1, -0.05) is 0 Å². The Balaban J connectivity index is 3.23. The minimum absolute atomic E-state index is 0.214. The van der Waals surface area contributed by atoms with E-state index in [-0.39, 0.29) is 6.54 Å². The summed E-state index contributed by atoms with van der Waals surface area (Å²) in [5.41, 5.74) is 0. The number of hydrogen-bond donors (Lipinski definition) is 3. The van der Waals surface area contributed by atoms with E-state index in [4.69, 9.17) is 17.3 Å². The Morgan fingerprint density at radius 2 is 2.27 bits per heavy atom. The van der Waals surface area contributed by atoms with Crippen LogP contribution in [0, 0.1) is 0 Å². The second-order valence-electron chi connectivity index (χ2n) is 2.17. The molecule has 3 N–H and O–H groups in total. The molecule has 0 aliphatic rings. The van der Waals surface area contributed by atoms with Crippen molar-refractivity contribution >= 4 is 17.3 Å². The first-order valence-corrected chi connectivity index (χ1v) is 3.83. The molecule has 0 amide bonds. The van der Waals surface area contributed by atoms with Crippen molar-refractivity contribution in [2.24, 2.45) is 0 Å². The van der Waals surface area contributed by atoms with E-state index in [1.54, 1.807) is 6.92 Å². The van der Waals surface area contributed by atoms with Gasteiger partial charge in [0.1, 0.15) is 6.67 Å². The van der Waals surface area contributed by atoms with E-state index in [9.17, 15) is 4.39 Å². The lowest BCUT2D eigenvalue weighted by atomic mass is 10.4. The van der Waals surface area contributed by atoms with Crippen molar-refractivity contribution in [2.75, 3.05) is 19.8 Å². The number of nitrogens with one attached hydrogen (secondary N) is 2. The molecule has 0 aromatic heterocycles. The van der Waals surface area contributed by atoms with E-state index in [0.29, 0.717) is 11.7 Å². The average Bonchev–Trinajstić information content (AvgIpc) is 1.97. The van der Waals surface area contributed by atoms with E-state index in [1.807, 2.05) is 0 Å². The van der Waals surface area contributed by atoms with Gasteiger partial charge in [0.25, 0.3) is 0 Å². The van der Waals surface area contributed by atoms with Crippen LogP contribution in [-0.2, 0) is 0 Å². The normalized spacial score (nSPS) is 12.3. The van der Waals surface area contributed by atoms with Gasteiger partial charge < -0.3 is 15.7 Å². The Bertz CT molecular complexity index is 121. The fourth-order valence-electron chi connectivity index (χ4n) is 0.464. The van der Waals surface area contributed by atoms with E-state index in [0.717, 1.165) is 0 Å². The van der Waals surface area contributed by atoms with Gasteiger partial charge in [-0.15, -0.1) is 0 Å². The van der Waals surface area contributed by atoms with Crippen LogP contribution < -0.4 is 10.6 Å². The zero-order valence-corrected chi connectivity index (χ0v) is 7.25. The van der Waals surface area contributed by atoms with E-state index >= 15 is 0 Å². The van der Waals surface area contributed by atoms with Crippen LogP contribution in [0.1, 0.15) is 6.92 Å². The fraction of sp³-hybridized carbons (Fsp3) is 0.833. The predicted octanol–water partition coefficient (Wildman–Crippen LogP) is -0.199. The minimum Gasteiger partial charge on any atom is -0.392 e. The van der Waals surface area contributed by atoms with Gasteiger partial charge in [0, 0.05) is 13.1 Å². The predicted molar refractivity (Wildman–Crippen MR) is 46.3 cm³/mol. The van der Waals surface area contributed by atoms with Crippen molar-refractivity contribution in [1.82, 2.24) is 10.6 Å². The van der Waals surface area contributed by atoms with Crippen LogP contribution in [0.2, 0.25) is 0 Å². The lowest BCUT2D eigenvalue weighted by molar-refractivity contribution is 0.198. The van der Waals surface area contributed by atoms with Crippen LogP contribution in [0.15, 0.2) is 0 Å². The molecule has 1 atom stereocenters. The maximum atomic E-state index is 11.6. The summed E-state index contributed by atoms with van der Waals surface area (Å²) in [5.74, 6) is 0. The minimum atomic E-state index is -0.448. The van der Waals surface area contributed by atoms with Gasteiger partial charge in [0.2, 0.25) is 0 Å². The van der Waals surface area contributed by atoms with Gasteiger partial charge in [-0.05, 0) is 19.1 Å². The first-order valence-electron chi connectivity index (χ1n) is 3.42. The summed E-state index contributed by atoms with van der Waals surface area (Å²) in [6.07, 6.45) is -0.444. The standard InChI is InChI=1S/C6H13FN2OS/c1-5(10)4-9-6(11)8-3-2-7/h5,10H,2-4H2,1H3,(H2,8,9,11). The Hall–Kier alpha value is -0.420. The van der Waals surface area contributed by atoms with Crippen molar-refractivity contribution in [3.05, 3.63) is 0 Å². The van der Waals surface area contributed by atoms with Crippen LogP contribution in [0.3, 0.4) is 0 Å². The largest absolute Gasteiger partial charge is 0.392 e. The Labute approximate surface area is 71.0 Å². The first kappa shape index (κ1) is 10.6. The fourth-order valence-corrected chi connectivity index (χ4v) is 0.649. The number of hydrogen-bond acceptors (Lipinski definition) is 2. The van der Waals surface area contributed by atoms with Gasteiger partial charge in [-0.3, -0.25) is 0 Å². The molecule has 0 aromatic rings. The molecule has 0 bridgehead atoms. The maximum Gasteiger partial charge on any atom is 0.166 e. The monoisotopic (exact) mass is 180 g/mol. The molecule has 66 valence electrons. The number of halogens is 1. The van der Waals surface area contributed by atoms with Crippen molar-refractivity contribution in [3.8, 4) is 0 Å². The van der Waals surface area contributed by atoms with Crippen molar-refractivity contribution < 1.29 is 9.50 Å². The van der Waals surface area contributed by atoms with Crippen LogP contribution >= 0.6 is 12.2 Å². The van der Waals surface area contributed by atoms with E-state index in [2.05, 4.69) is 10.6 Å². The average molecular weight is 180 g/mol. The zero-order valence-electron chi connectivity index (χ0n) is 6.43. The van der Waals surface area contributed by atoms with Crippen LogP contribution in [0.4, 0.5) is 4.39 Å². The molecule has 0 aliphatic heterocycles. The van der Waals surface area contributed by atoms with Gasteiger partial charge in [-0.25, -0.2) is 4.39 Å². The van der Waals surface area contributed by atoms with Gasteiger partial charge in [0.15, 0.2) is 5.11 Å². The van der Waals surface area contributed by atoms with Gasteiger partial charge in [-0.2, -0.15) is 0 Å². The summed E-state index contributed by atoms with van der Waals surface area (Å²) in [5, 5.41) is 14.5. The summed E-state index contributed by atoms with van der Waals surface area (Å²) >= 11 is 4.74. The number of aliphatic hydroxyl groups is 1. The summed E-state index contributed by atoms with van der Waals surface area (Å²) in [6.45, 7) is 1.80. The molecule has 0 aromatic carbocycles. The SMILES string of the molecule is CC(O)CNC(=S)NCCF. The molecular weight excluding hydrogens is 167 g/mol. The highest BCUT2D eigenvalue weighted by molar-refractivity contribution is 7.80. The molecule has 1 unspecified atom stereocenters. The molecule has 11 heavy (non-hydrogen) atoms. The number of aliphatic hydroxyl groups excluding tert-OH is 1. The zero-order chi connectivity index (χ0) is 8.69. The highest BCUT2D eigenvalue weighted by atomic mass is 32.1. The van der Waals surface area contributed by atoms with Gasteiger partial charge in [0.05, 0.1) is 6.10 Å². The van der Waals surface area contributed by atoms with Gasteiger partial charge >= 0.3 is 0 Å². The molecule has 0 spiro atoms. The number of alkyl halides is 1. The summed E-state index contributed by atoms with van der Waals surface area (Å²) in [7, 11) is 0. The topological polar surface area (TPSA) is 44.3 Å². The summed E-state index contributed by atoms with van der Waals surface area (Å²) in [6, 6.07) is 0. The Morgan fingerprint density at radius 3 is 2.73 bits per heavy atom. The molecule has 3 nitrogen and oxygen atoms in total. The lowest BCUT2D eigenvalue weighted by Crippen LogP contribution is -2.39. The van der Waals surface area contributed by atoms with Crippen molar-refractivity contribution in [2.45, 2.75) is 13.0 Å². The third-order valence-corrected chi connectivity index (χ3v) is 1.23. The van der Waals surface area contributed by atoms with E-state index < -0.39 is 12.8 Å². The highest BCUT2D eigenvalue weighted by Crippen LogP contribution is 1.75. The smallest absolute Gasteiger partial charge is 0.166 e. The highest BCUT2D eigenvalue weighted by Gasteiger charge is 1.96. The van der Waals surface area contributed by atoms with Crippen molar-refractivity contribution in [3.63, 3.8) is 0 Å². The van der Waals surface area contributed by atoms with Crippen LogP contribution in [0.25, 0.3) is 0 Å². The molecule has 0 saturated heterocycles. The Morgan fingerprint density at radius 1 is 1.64 bits per heavy atom. The van der Waals surface area contributed by atoms with Crippen LogP contribution in [0.5, 0.6) is 0 Å². The number of thiocarbonyl (C=S) groups is 1. The molecular formula is C6H13FN2OS. The second-order valence-corrected chi connectivity index (χ2v) is 2.58. The molecule has 0 rings (SSSR count). The lowest BCUT2D eigenvalue weighted by Gasteiger charge is -2.09. The summed E-state index contributed by atoms with van der Waals surface area (Å²) < 4.78 is 11.6. The maximum absolute atomic E-state index is 11.6. The molecule has 0 heterocycles.